The minimum Gasteiger partial charge on any atom is -0.389 e. The summed E-state index contributed by atoms with van der Waals surface area (Å²) in [6.07, 6.45) is 3.66. The molecule has 0 aliphatic carbocycles. The lowest BCUT2D eigenvalue weighted by molar-refractivity contribution is 0.0414. The van der Waals surface area contributed by atoms with Gasteiger partial charge in [0.25, 0.3) is 0 Å². The summed E-state index contributed by atoms with van der Waals surface area (Å²) in [7, 11) is 1.64. The highest BCUT2D eigenvalue weighted by Crippen LogP contribution is 2.20. The Kier molecular flexibility index (Phi) is 4.58. The van der Waals surface area contributed by atoms with Gasteiger partial charge >= 0.3 is 0 Å². The number of ether oxygens (including phenoxy) is 1. The quantitative estimate of drug-likeness (QED) is 0.727. The first-order valence-corrected chi connectivity index (χ1v) is 6.43. The first kappa shape index (κ1) is 12.3. The molecule has 2 unspecified atom stereocenters. The Labute approximate surface area is 98.2 Å². The van der Waals surface area contributed by atoms with E-state index in [-0.39, 0.29) is 6.10 Å². The van der Waals surface area contributed by atoms with Gasteiger partial charge in [-0.05, 0) is 38.9 Å². The van der Waals surface area contributed by atoms with Crippen LogP contribution >= 0.6 is 0 Å². The molecule has 2 aliphatic heterocycles. The highest BCUT2D eigenvalue weighted by atomic mass is 16.5. The maximum atomic E-state index is 9.68. The Hall–Kier alpha value is -0.160. The van der Waals surface area contributed by atoms with Gasteiger partial charge < -0.3 is 9.84 Å². The van der Waals surface area contributed by atoms with E-state index in [1.54, 1.807) is 7.11 Å². The van der Waals surface area contributed by atoms with Gasteiger partial charge in [-0.1, -0.05) is 0 Å². The molecular weight excluding hydrogens is 204 g/mol. The molecule has 0 spiro atoms. The molecular formula is C12H24N2O2. The molecule has 0 bridgehead atoms. The van der Waals surface area contributed by atoms with E-state index in [2.05, 4.69) is 9.80 Å². The van der Waals surface area contributed by atoms with E-state index < -0.39 is 0 Å². The Morgan fingerprint density at radius 2 is 2.06 bits per heavy atom. The fourth-order valence-corrected chi connectivity index (χ4v) is 2.93. The van der Waals surface area contributed by atoms with Crippen LogP contribution in [0.4, 0.5) is 0 Å². The van der Waals surface area contributed by atoms with E-state index in [1.165, 1.54) is 32.4 Å². The number of hydrogen-bond donors (Lipinski definition) is 1. The summed E-state index contributed by atoms with van der Waals surface area (Å²) < 4.78 is 4.95. The Morgan fingerprint density at radius 3 is 2.75 bits per heavy atom. The fourth-order valence-electron chi connectivity index (χ4n) is 2.93. The maximum Gasteiger partial charge on any atom is 0.0900 e. The third-order valence-corrected chi connectivity index (χ3v) is 3.73. The van der Waals surface area contributed by atoms with Crippen LogP contribution in [0.25, 0.3) is 0 Å². The number of aliphatic hydroxyl groups excluding tert-OH is 1. The molecule has 2 heterocycles. The van der Waals surface area contributed by atoms with E-state index in [4.69, 9.17) is 4.74 Å². The predicted octanol–water partition coefficient (Wildman–Crippen LogP) is 0.164. The van der Waals surface area contributed by atoms with Crippen LogP contribution in [0, 0.1) is 0 Å². The number of hydrogen-bond acceptors (Lipinski definition) is 4. The van der Waals surface area contributed by atoms with Gasteiger partial charge in [0.2, 0.25) is 0 Å². The summed E-state index contributed by atoms with van der Waals surface area (Å²) in [6.45, 7) is 6.02. The Bertz CT molecular complexity index is 207. The summed E-state index contributed by atoms with van der Waals surface area (Å²) in [5.74, 6) is 0. The maximum absolute atomic E-state index is 9.68. The molecule has 2 saturated heterocycles. The van der Waals surface area contributed by atoms with Crippen LogP contribution in [-0.4, -0.2) is 73.5 Å². The van der Waals surface area contributed by atoms with Crippen molar-refractivity contribution in [3.8, 4) is 0 Å². The van der Waals surface area contributed by atoms with Crippen LogP contribution in [0.15, 0.2) is 0 Å². The van der Waals surface area contributed by atoms with Crippen molar-refractivity contribution in [1.82, 2.24) is 9.80 Å². The lowest BCUT2D eigenvalue weighted by Crippen LogP contribution is -2.38. The van der Waals surface area contributed by atoms with Crippen molar-refractivity contribution in [2.75, 3.05) is 46.4 Å². The molecule has 2 aliphatic rings. The zero-order valence-corrected chi connectivity index (χ0v) is 10.3. The van der Waals surface area contributed by atoms with Crippen molar-refractivity contribution in [3.63, 3.8) is 0 Å². The van der Waals surface area contributed by atoms with Crippen molar-refractivity contribution < 1.29 is 9.84 Å². The summed E-state index contributed by atoms with van der Waals surface area (Å²) in [6, 6.07) is 0.734. The van der Waals surface area contributed by atoms with E-state index in [9.17, 15) is 5.11 Å². The molecule has 1 N–H and O–H groups in total. The van der Waals surface area contributed by atoms with E-state index in [1.807, 2.05) is 0 Å². The van der Waals surface area contributed by atoms with Crippen LogP contribution in [0.2, 0.25) is 0 Å². The molecule has 0 aromatic rings. The highest BCUT2D eigenvalue weighted by Gasteiger charge is 2.29. The molecule has 0 aromatic heterocycles. The molecule has 4 heteroatoms. The first-order valence-electron chi connectivity index (χ1n) is 6.43. The average molecular weight is 228 g/mol. The molecule has 2 atom stereocenters. The highest BCUT2D eigenvalue weighted by molar-refractivity contribution is 4.86. The zero-order chi connectivity index (χ0) is 11.4. The van der Waals surface area contributed by atoms with Crippen LogP contribution in [0.5, 0.6) is 0 Å². The zero-order valence-electron chi connectivity index (χ0n) is 10.3. The third kappa shape index (κ3) is 3.17. The van der Waals surface area contributed by atoms with E-state index >= 15 is 0 Å². The minimum atomic E-state index is -0.331. The third-order valence-electron chi connectivity index (χ3n) is 3.73. The molecule has 0 aromatic carbocycles. The molecule has 2 rings (SSSR count). The lowest BCUT2D eigenvalue weighted by atomic mass is 10.2. The van der Waals surface area contributed by atoms with Crippen molar-refractivity contribution >= 4 is 0 Å². The fraction of sp³-hybridized carbons (Fsp3) is 1.00. The van der Waals surface area contributed by atoms with Crippen molar-refractivity contribution in [2.45, 2.75) is 31.4 Å². The number of rotatable bonds is 5. The lowest BCUT2D eigenvalue weighted by Gasteiger charge is -2.24. The number of likely N-dealkylation sites (tertiary alicyclic amines) is 2. The van der Waals surface area contributed by atoms with Crippen LogP contribution < -0.4 is 0 Å². The van der Waals surface area contributed by atoms with Gasteiger partial charge in [0.05, 0.1) is 12.7 Å². The SMILES string of the molecule is COCC(O)CN1CCC(N2CCCC2)C1. The largest absolute Gasteiger partial charge is 0.389 e. The summed E-state index contributed by atoms with van der Waals surface area (Å²) in [5, 5.41) is 9.68. The second-order valence-corrected chi connectivity index (χ2v) is 5.05. The molecule has 0 radical (unpaired) electrons. The van der Waals surface area contributed by atoms with Gasteiger partial charge in [-0.3, -0.25) is 9.80 Å². The van der Waals surface area contributed by atoms with Crippen LogP contribution in [0.3, 0.4) is 0 Å². The monoisotopic (exact) mass is 228 g/mol. The first-order chi connectivity index (χ1) is 7.79. The van der Waals surface area contributed by atoms with Gasteiger partial charge in [0, 0.05) is 26.2 Å². The number of aliphatic hydroxyl groups is 1. The molecule has 2 fully saturated rings. The normalized spacial score (nSPS) is 30.0. The smallest absolute Gasteiger partial charge is 0.0900 e. The van der Waals surface area contributed by atoms with Crippen LogP contribution in [-0.2, 0) is 4.74 Å². The van der Waals surface area contributed by atoms with E-state index in [0.29, 0.717) is 6.61 Å². The second kappa shape index (κ2) is 5.96. The molecule has 16 heavy (non-hydrogen) atoms. The molecule has 0 saturated carbocycles. The molecule has 4 nitrogen and oxygen atoms in total. The summed E-state index contributed by atoms with van der Waals surface area (Å²) in [4.78, 5) is 4.98. The second-order valence-electron chi connectivity index (χ2n) is 5.05. The average Bonchev–Trinajstić information content (AvgIpc) is 2.86. The van der Waals surface area contributed by atoms with Crippen molar-refractivity contribution in [1.29, 1.82) is 0 Å². The molecule has 94 valence electrons. The van der Waals surface area contributed by atoms with Crippen LogP contribution in [0.1, 0.15) is 19.3 Å². The van der Waals surface area contributed by atoms with E-state index in [0.717, 1.165) is 25.7 Å². The van der Waals surface area contributed by atoms with Gasteiger partial charge in [-0.2, -0.15) is 0 Å². The minimum absolute atomic E-state index is 0.331. The standard InChI is InChI=1S/C12H24N2O2/c1-16-10-12(15)9-13-7-4-11(8-13)14-5-2-3-6-14/h11-12,15H,2-10H2,1H3. The number of methoxy groups -OCH3 is 1. The van der Waals surface area contributed by atoms with Gasteiger partial charge in [0.15, 0.2) is 0 Å². The predicted molar refractivity (Wildman–Crippen MR) is 63.5 cm³/mol. The Morgan fingerprint density at radius 1 is 1.31 bits per heavy atom. The van der Waals surface area contributed by atoms with Gasteiger partial charge in [-0.25, -0.2) is 0 Å². The van der Waals surface area contributed by atoms with Crippen molar-refractivity contribution in [3.05, 3.63) is 0 Å². The summed E-state index contributed by atoms with van der Waals surface area (Å²) >= 11 is 0. The Balaban J connectivity index is 1.70. The molecule has 0 amide bonds. The topological polar surface area (TPSA) is 35.9 Å². The number of β-amino-alcohol motifs (C(OH)–C–C–N with tert-alkyl or cyclic N) is 1. The van der Waals surface area contributed by atoms with Crippen molar-refractivity contribution in [2.24, 2.45) is 0 Å². The number of nitrogens with zero attached hydrogens (tertiary/aromatic N) is 2. The van der Waals surface area contributed by atoms with Gasteiger partial charge in [-0.15, -0.1) is 0 Å². The van der Waals surface area contributed by atoms with Gasteiger partial charge in [0.1, 0.15) is 0 Å². The summed E-state index contributed by atoms with van der Waals surface area (Å²) in [5.41, 5.74) is 0.